The van der Waals surface area contributed by atoms with Crippen molar-refractivity contribution in [2.75, 3.05) is 0 Å². The Hall–Kier alpha value is -8.15. The smallest absolute Gasteiger partial charge is 0.201 e. The highest BCUT2D eigenvalue weighted by Gasteiger charge is 2.18. The van der Waals surface area contributed by atoms with Crippen molar-refractivity contribution in [3.63, 3.8) is 0 Å². The summed E-state index contributed by atoms with van der Waals surface area (Å²) >= 11 is 0. The van der Waals surface area contributed by atoms with Crippen LogP contribution in [-0.2, 0) is 35.2 Å². The minimum absolute atomic E-state index is 1.27. The molecule has 0 unspecified atom stereocenters. The second-order valence-electron chi connectivity index (χ2n) is 22.2. The maximum atomic E-state index is 2.28. The summed E-state index contributed by atoms with van der Waals surface area (Å²) in [4.78, 5) is 0. The van der Waals surface area contributed by atoms with E-state index in [0.29, 0.717) is 0 Å². The lowest BCUT2D eigenvalue weighted by Gasteiger charge is -2.10. The van der Waals surface area contributed by atoms with Crippen molar-refractivity contribution in [1.29, 1.82) is 0 Å². The van der Waals surface area contributed by atoms with Crippen molar-refractivity contribution in [2.45, 2.75) is 104 Å². The molecule has 0 aliphatic heterocycles. The number of rotatable bonds is 5. The Morgan fingerprint density at radius 3 is 0.912 bits per heavy atom. The molecule has 5 heterocycles. The Bertz CT molecular complexity index is 3660. The zero-order valence-corrected chi connectivity index (χ0v) is 52.1. The summed E-state index contributed by atoms with van der Waals surface area (Å²) in [6, 6.07) is 53.9. The van der Waals surface area contributed by atoms with E-state index in [2.05, 4.69) is 345 Å². The third-order valence-electron chi connectivity index (χ3n) is 15.8. The summed E-state index contributed by atoms with van der Waals surface area (Å²) in [7, 11) is 10.5. The average Bonchev–Trinajstić information content (AvgIpc) is 3.44. The Morgan fingerprint density at radius 1 is 0.212 bits per heavy atom. The van der Waals surface area contributed by atoms with E-state index in [1.54, 1.807) is 0 Å². The number of hydrogen-bond acceptors (Lipinski definition) is 0. The first kappa shape index (κ1) is 61.1. The molecule has 0 amide bonds. The fourth-order valence-electron chi connectivity index (χ4n) is 10.8. The Kier molecular flexibility index (Phi) is 21.1. The van der Waals surface area contributed by atoms with Crippen LogP contribution in [0, 0.1) is 104 Å². The molecular formula is C75H90N5+5. The van der Waals surface area contributed by atoms with Gasteiger partial charge in [0.2, 0.25) is 28.5 Å². The van der Waals surface area contributed by atoms with Gasteiger partial charge in [0.1, 0.15) is 35.2 Å². The summed E-state index contributed by atoms with van der Waals surface area (Å²) in [6.07, 6.45) is 10.5. The quantitative estimate of drug-likeness (QED) is 0.153. The van der Waals surface area contributed by atoms with Gasteiger partial charge in [-0.15, -0.1) is 0 Å². The van der Waals surface area contributed by atoms with Crippen LogP contribution in [0.5, 0.6) is 0 Å². The van der Waals surface area contributed by atoms with Crippen LogP contribution in [0.3, 0.4) is 0 Å². The van der Waals surface area contributed by atoms with Gasteiger partial charge in [0.05, 0.1) is 16.7 Å². The largest absolute Gasteiger partial charge is 0.212 e. The molecule has 0 aliphatic rings. The SMILES string of the molecule is Cc1cc(C)c(-c2cccc[n+]2C)c(C)c1.Cc1cc(C)c(-c2cccc[n+]2C)cc1C.Cc1cc(C)c(C)c(-c2cccc[n+]2C)c1.Cc1ccc(C)c(-c2cccc[n+]2C)c1C.Cc1ccc(C)c(-c2cccc[n+]2C)c1C. The minimum Gasteiger partial charge on any atom is -0.201 e. The first-order valence-corrected chi connectivity index (χ1v) is 28.1. The lowest BCUT2D eigenvalue weighted by Crippen LogP contribution is -2.30. The summed E-state index contributed by atoms with van der Waals surface area (Å²) in [5, 5.41) is 0. The fourth-order valence-corrected chi connectivity index (χ4v) is 10.8. The van der Waals surface area contributed by atoms with Gasteiger partial charge in [0.15, 0.2) is 31.0 Å². The monoisotopic (exact) mass is 1060 g/mol. The maximum Gasteiger partial charge on any atom is 0.212 e. The molecule has 0 aliphatic carbocycles. The van der Waals surface area contributed by atoms with Crippen LogP contribution in [0.2, 0.25) is 0 Å². The van der Waals surface area contributed by atoms with Crippen LogP contribution in [-0.4, -0.2) is 0 Å². The minimum atomic E-state index is 1.27. The predicted molar refractivity (Wildman–Crippen MR) is 336 cm³/mol. The highest BCUT2D eigenvalue weighted by atomic mass is 14.9. The van der Waals surface area contributed by atoms with Gasteiger partial charge >= 0.3 is 0 Å². The highest BCUT2D eigenvalue weighted by molar-refractivity contribution is 5.69. The standard InChI is InChI=1S/5C15H18N/c2*1-11-8-9-12(2)15(13(11)3)14-7-5-6-10-16(14)4;1-11-9-13(3)14(10-12(11)2)15-7-5-6-8-16(15)4;1-11-9-12(2)13(3)14(10-11)15-7-5-6-8-16(15)4;1-11-9-12(2)15(13(3)10-11)14-7-5-6-8-16(14)4/h5*5-10H,1-4H3/q5*+1. The van der Waals surface area contributed by atoms with Gasteiger partial charge in [0, 0.05) is 71.8 Å². The normalized spacial score (nSPS) is 10.5. The van der Waals surface area contributed by atoms with Crippen LogP contribution < -0.4 is 22.8 Å². The Balaban J connectivity index is 0.000000161. The third kappa shape index (κ3) is 14.9. The van der Waals surface area contributed by atoms with E-state index in [9.17, 15) is 0 Å². The van der Waals surface area contributed by atoms with Crippen molar-refractivity contribution in [2.24, 2.45) is 35.2 Å². The molecule has 5 aromatic heterocycles. The highest BCUT2D eigenvalue weighted by Crippen LogP contribution is 2.30. The number of pyridine rings is 5. The van der Waals surface area contributed by atoms with Crippen molar-refractivity contribution >= 4 is 0 Å². The lowest BCUT2D eigenvalue weighted by molar-refractivity contribution is -0.660. The molecule has 0 N–H and O–H groups in total. The van der Waals surface area contributed by atoms with E-state index in [1.165, 1.54) is 140 Å². The van der Waals surface area contributed by atoms with Crippen LogP contribution >= 0.6 is 0 Å². The van der Waals surface area contributed by atoms with E-state index in [0.717, 1.165) is 0 Å². The molecule has 0 bridgehead atoms. The van der Waals surface area contributed by atoms with Crippen molar-refractivity contribution < 1.29 is 22.8 Å². The number of hydrogen-bond donors (Lipinski definition) is 0. The summed E-state index contributed by atoms with van der Waals surface area (Å²) in [6.45, 7) is 32.6. The third-order valence-corrected chi connectivity index (χ3v) is 15.8. The Labute approximate surface area is 481 Å². The molecular weight excluding hydrogens is 971 g/mol. The van der Waals surface area contributed by atoms with E-state index < -0.39 is 0 Å². The van der Waals surface area contributed by atoms with Crippen molar-refractivity contribution in [3.8, 4) is 56.3 Å². The maximum absolute atomic E-state index is 2.28. The van der Waals surface area contributed by atoms with Crippen LogP contribution in [0.15, 0.2) is 183 Å². The molecule has 0 atom stereocenters. The second-order valence-corrected chi connectivity index (χ2v) is 22.2. The van der Waals surface area contributed by atoms with E-state index in [-0.39, 0.29) is 0 Å². The molecule has 80 heavy (non-hydrogen) atoms. The molecule has 5 heteroatoms. The van der Waals surface area contributed by atoms with E-state index in [1.807, 2.05) is 0 Å². The first-order valence-electron chi connectivity index (χ1n) is 28.1. The average molecular weight is 1060 g/mol. The summed E-state index contributed by atoms with van der Waals surface area (Å²) in [5.74, 6) is 0. The van der Waals surface area contributed by atoms with Crippen LogP contribution in [0.4, 0.5) is 0 Å². The van der Waals surface area contributed by atoms with E-state index >= 15 is 0 Å². The van der Waals surface area contributed by atoms with Crippen LogP contribution in [0.25, 0.3) is 56.3 Å². The van der Waals surface area contributed by atoms with Crippen molar-refractivity contribution in [1.82, 2.24) is 0 Å². The fraction of sp³-hybridized carbons (Fsp3) is 0.267. The number of nitrogens with zero attached hydrogens (tertiary/aromatic N) is 5. The van der Waals surface area contributed by atoms with Gasteiger partial charge in [-0.1, -0.05) is 59.7 Å². The molecule has 10 rings (SSSR count). The first-order chi connectivity index (χ1) is 38.0. The van der Waals surface area contributed by atoms with E-state index in [4.69, 9.17) is 0 Å². The zero-order chi connectivity index (χ0) is 58.5. The number of aromatic nitrogens is 5. The molecule has 0 fully saturated rings. The second kappa shape index (κ2) is 27.6. The molecule has 0 saturated carbocycles. The topological polar surface area (TPSA) is 19.4 Å². The Morgan fingerprint density at radius 2 is 0.525 bits per heavy atom. The summed E-state index contributed by atoms with van der Waals surface area (Å²) < 4.78 is 10.9. The van der Waals surface area contributed by atoms with Crippen LogP contribution in [0.1, 0.15) is 83.5 Å². The van der Waals surface area contributed by atoms with Gasteiger partial charge in [-0.25, -0.2) is 22.8 Å². The molecule has 0 radical (unpaired) electrons. The number of benzene rings is 5. The van der Waals surface area contributed by atoms with Gasteiger partial charge in [-0.2, -0.15) is 0 Å². The van der Waals surface area contributed by atoms with Gasteiger partial charge in [0.25, 0.3) is 0 Å². The van der Waals surface area contributed by atoms with Crippen molar-refractivity contribution in [3.05, 3.63) is 266 Å². The van der Waals surface area contributed by atoms with Gasteiger partial charge < -0.3 is 0 Å². The number of aryl methyl sites for hydroxylation is 17. The molecule has 5 aromatic carbocycles. The molecule has 0 saturated heterocycles. The van der Waals surface area contributed by atoms with Gasteiger partial charge in [-0.05, 0) is 219 Å². The summed E-state index contributed by atoms with van der Waals surface area (Å²) in [5.41, 5.74) is 33.4. The molecule has 10 aromatic rings. The molecule has 410 valence electrons. The van der Waals surface area contributed by atoms with Gasteiger partial charge in [-0.3, -0.25) is 0 Å². The molecule has 5 nitrogen and oxygen atoms in total. The molecule has 0 spiro atoms. The lowest BCUT2D eigenvalue weighted by atomic mass is 9.95. The zero-order valence-electron chi connectivity index (χ0n) is 52.1. The predicted octanol–water partition coefficient (Wildman–Crippen LogP) is 15.5.